The van der Waals surface area contributed by atoms with Gasteiger partial charge in [-0.15, -0.1) is 10.2 Å². The number of piperazine rings is 1. The Morgan fingerprint density at radius 3 is 2.33 bits per heavy atom. The summed E-state index contributed by atoms with van der Waals surface area (Å²) < 4.78 is 5.28. The van der Waals surface area contributed by atoms with E-state index in [1.54, 1.807) is 12.0 Å². The molecule has 178 valence electrons. The number of benzene rings is 1. The summed E-state index contributed by atoms with van der Waals surface area (Å²) in [6, 6.07) is 11.6. The summed E-state index contributed by atoms with van der Waals surface area (Å²) in [5.74, 6) is 1.89. The molecule has 1 aliphatic rings. The number of nitrogens with zero attached hydrogens (tertiary/aromatic N) is 5. The van der Waals surface area contributed by atoms with Crippen LogP contribution in [0.3, 0.4) is 0 Å². The lowest BCUT2D eigenvalue weighted by Gasteiger charge is -2.37. The van der Waals surface area contributed by atoms with E-state index in [0.29, 0.717) is 32.6 Å². The maximum Gasteiger partial charge on any atom is 0.242 e. The second kappa shape index (κ2) is 11.1. The summed E-state index contributed by atoms with van der Waals surface area (Å²) in [5, 5.41) is 8.79. The van der Waals surface area contributed by atoms with Gasteiger partial charge in [-0.3, -0.25) is 9.59 Å². The molecule has 0 bridgehead atoms. The van der Waals surface area contributed by atoms with Crippen molar-refractivity contribution in [1.82, 2.24) is 20.0 Å². The van der Waals surface area contributed by atoms with E-state index in [2.05, 4.69) is 15.1 Å². The molecule has 0 aliphatic carbocycles. The van der Waals surface area contributed by atoms with Crippen molar-refractivity contribution in [2.75, 3.05) is 44.7 Å². The first kappa shape index (κ1) is 24.5. The van der Waals surface area contributed by atoms with Crippen LogP contribution in [0.4, 0.5) is 5.82 Å². The molecule has 2 amide bonds. The second-order valence-corrected chi connectivity index (χ2v) is 9.09. The van der Waals surface area contributed by atoms with Gasteiger partial charge in [-0.05, 0) is 44.0 Å². The molecule has 0 radical (unpaired) electrons. The summed E-state index contributed by atoms with van der Waals surface area (Å²) in [5.41, 5.74) is 1.73. The van der Waals surface area contributed by atoms with Gasteiger partial charge in [0.15, 0.2) is 5.82 Å². The van der Waals surface area contributed by atoms with Gasteiger partial charge in [-0.2, -0.15) is 0 Å². The zero-order valence-corrected chi connectivity index (χ0v) is 20.3. The highest BCUT2D eigenvalue weighted by Gasteiger charge is 2.26. The number of anilines is 1. The van der Waals surface area contributed by atoms with Crippen LogP contribution in [-0.4, -0.2) is 77.7 Å². The second-order valence-electron chi connectivity index (χ2n) is 9.09. The van der Waals surface area contributed by atoms with Crippen LogP contribution in [0.25, 0.3) is 11.3 Å². The average Bonchev–Trinajstić information content (AvgIpc) is 2.82. The van der Waals surface area contributed by atoms with Crippen molar-refractivity contribution in [2.24, 2.45) is 5.92 Å². The average molecular weight is 454 g/mol. The zero-order valence-electron chi connectivity index (χ0n) is 20.3. The van der Waals surface area contributed by atoms with Gasteiger partial charge in [0.1, 0.15) is 5.75 Å². The van der Waals surface area contributed by atoms with E-state index in [-0.39, 0.29) is 30.3 Å². The maximum atomic E-state index is 12.9. The van der Waals surface area contributed by atoms with Gasteiger partial charge in [0.05, 0.1) is 19.3 Å². The lowest BCUT2D eigenvalue weighted by atomic mass is 10.1. The van der Waals surface area contributed by atoms with Crippen molar-refractivity contribution in [3.05, 3.63) is 36.4 Å². The van der Waals surface area contributed by atoms with Crippen LogP contribution in [0, 0.1) is 5.92 Å². The Morgan fingerprint density at radius 1 is 1.03 bits per heavy atom. The predicted molar refractivity (Wildman–Crippen MR) is 129 cm³/mol. The van der Waals surface area contributed by atoms with Crippen molar-refractivity contribution >= 4 is 17.6 Å². The number of amides is 2. The standard InChI is InChI=1S/C25H35N5O3/c1-18(2)15-24(31)30(19(3)4)17-25(32)29-13-11-28(12-14-29)23-10-9-22(26-27-23)20-7-6-8-21(16-20)33-5/h6-10,16,18-19H,11-15,17H2,1-5H3. The van der Waals surface area contributed by atoms with E-state index in [9.17, 15) is 9.59 Å². The maximum absolute atomic E-state index is 12.9. The van der Waals surface area contributed by atoms with Crippen molar-refractivity contribution in [1.29, 1.82) is 0 Å². The third-order valence-corrected chi connectivity index (χ3v) is 5.80. The third kappa shape index (κ3) is 6.43. The van der Waals surface area contributed by atoms with Crippen molar-refractivity contribution in [2.45, 2.75) is 40.2 Å². The Balaban J connectivity index is 1.56. The fraction of sp³-hybridized carbons (Fsp3) is 0.520. The number of hydrogen-bond acceptors (Lipinski definition) is 6. The van der Waals surface area contributed by atoms with Crippen LogP contribution >= 0.6 is 0 Å². The van der Waals surface area contributed by atoms with E-state index in [0.717, 1.165) is 22.8 Å². The molecule has 0 atom stereocenters. The third-order valence-electron chi connectivity index (χ3n) is 5.80. The Labute approximate surface area is 196 Å². The summed E-state index contributed by atoms with van der Waals surface area (Å²) in [7, 11) is 1.64. The lowest BCUT2D eigenvalue weighted by Crippen LogP contribution is -2.53. The molecule has 8 heteroatoms. The molecule has 3 rings (SSSR count). The molecule has 2 aromatic rings. The molecule has 1 fully saturated rings. The Hall–Kier alpha value is -3.16. The molecule has 33 heavy (non-hydrogen) atoms. The molecular formula is C25H35N5O3. The van der Waals surface area contributed by atoms with Gasteiger partial charge in [0.2, 0.25) is 11.8 Å². The highest BCUT2D eigenvalue weighted by molar-refractivity contribution is 5.85. The van der Waals surface area contributed by atoms with Gasteiger partial charge in [0.25, 0.3) is 0 Å². The smallest absolute Gasteiger partial charge is 0.242 e. The highest BCUT2D eigenvalue weighted by atomic mass is 16.5. The lowest BCUT2D eigenvalue weighted by molar-refractivity contribution is -0.142. The topological polar surface area (TPSA) is 78.9 Å². The van der Waals surface area contributed by atoms with Crippen LogP contribution in [0.2, 0.25) is 0 Å². The highest BCUT2D eigenvalue weighted by Crippen LogP contribution is 2.23. The Bertz CT molecular complexity index is 937. The minimum Gasteiger partial charge on any atom is -0.497 e. The van der Waals surface area contributed by atoms with Crippen LogP contribution in [-0.2, 0) is 9.59 Å². The van der Waals surface area contributed by atoms with Gasteiger partial charge in [-0.1, -0.05) is 26.0 Å². The molecule has 1 aromatic heterocycles. The molecular weight excluding hydrogens is 418 g/mol. The number of methoxy groups -OCH3 is 1. The van der Waals surface area contributed by atoms with Crippen LogP contribution in [0.5, 0.6) is 5.75 Å². The summed E-state index contributed by atoms with van der Waals surface area (Å²) >= 11 is 0. The summed E-state index contributed by atoms with van der Waals surface area (Å²) in [6.07, 6.45) is 0.462. The van der Waals surface area contributed by atoms with Crippen LogP contribution in [0.1, 0.15) is 34.1 Å². The molecule has 1 aliphatic heterocycles. The molecule has 2 heterocycles. The van der Waals surface area contributed by atoms with Gasteiger partial charge in [-0.25, -0.2) is 0 Å². The summed E-state index contributed by atoms with van der Waals surface area (Å²) in [6.45, 7) is 10.6. The van der Waals surface area contributed by atoms with Crippen molar-refractivity contribution in [3.8, 4) is 17.0 Å². The first-order valence-electron chi connectivity index (χ1n) is 11.6. The molecule has 0 N–H and O–H groups in total. The first-order valence-corrected chi connectivity index (χ1v) is 11.6. The quantitative estimate of drug-likeness (QED) is 0.611. The fourth-order valence-corrected chi connectivity index (χ4v) is 3.89. The van der Waals surface area contributed by atoms with E-state index < -0.39 is 0 Å². The molecule has 0 spiro atoms. The largest absolute Gasteiger partial charge is 0.497 e. The van der Waals surface area contributed by atoms with E-state index in [1.165, 1.54) is 0 Å². The minimum atomic E-state index is -0.000129. The predicted octanol–water partition coefficient (Wildman–Crippen LogP) is 3.08. The number of rotatable bonds is 8. The van der Waals surface area contributed by atoms with E-state index >= 15 is 0 Å². The number of carbonyl (C=O) groups excluding carboxylic acids is 2. The number of carbonyl (C=O) groups is 2. The summed E-state index contributed by atoms with van der Waals surface area (Å²) in [4.78, 5) is 31.1. The van der Waals surface area contributed by atoms with Crippen LogP contribution < -0.4 is 9.64 Å². The van der Waals surface area contributed by atoms with Crippen LogP contribution in [0.15, 0.2) is 36.4 Å². The fourth-order valence-electron chi connectivity index (χ4n) is 3.89. The SMILES string of the molecule is COc1cccc(-c2ccc(N3CCN(C(=O)CN(C(=O)CC(C)C)C(C)C)CC3)nn2)c1. The van der Waals surface area contributed by atoms with Crippen molar-refractivity contribution in [3.63, 3.8) is 0 Å². The molecule has 8 nitrogen and oxygen atoms in total. The molecule has 1 aromatic carbocycles. The van der Waals surface area contributed by atoms with Gasteiger partial charge >= 0.3 is 0 Å². The molecule has 0 unspecified atom stereocenters. The number of ether oxygens (including phenoxy) is 1. The Morgan fingerprint density at radius 2 is 1.76 bits per heavy atom. The molecule has 1 saturated heterocycles. The normalized spacial score (nSPS) is 14.0. The van der Waals surface area contributed by atoms with E-state index in [4.69, 9.17) is 4.74 Å². The first-order chi connectivity index (χ1) is 15.8. The number of aromatic nitrogens is 2. The van der Waals surface area contributed by atoms with E-state index in [1.807, 2.05) is 69.0 Å². The molecule has 0 saturated carbocycles. The Kier molecular flexibility index (Phi) is 8.25. The monoisotopic (exact) mass is 453 g/mol. The minimum absolute atomic E-state index is 0.0000804. The van der Waals surface area contributed by atoms with Gasteiger partial charge in [0, 0.05) is 44.2 Å². The van der Waals surface area contributed by atoms with Gasteiger partial charge < -0.3 is 19.4 Å². The zero-order chi connectivity index (χ0) is 24.0. The number of hydrogen-bond donors (Lipinski definition) is 0. The van der Waals surface area contributed by atoms with Crippen molar-refractivity contribution < 1.29 is 14.3 Å².